The van der Waals surface area contributed by atoms with Crippen LogP contribution in [0.15, 0.2) is 84.9 Å². The summed E-state index contributed by atoms with van der Waals surface area (Å²) in [5.74, 6) is 0.158. The SMILES string of the molecule is C[N+]1(C(=O)[C@@H](N)Cc2ccc(O)cc2)CC=C(/C=C/c2ccc(N)cc2)c2ccccc21.Cl.Cl. The van der Waals surface area contributed by atoms with Gasteiger partial charge in [-0.15, -0.1) is 24.8 Å². The lowest BCUT2D eigenvalue weighted by molar-refractivity contribution is -0.130. The highest BCUT2D eigenvalue weighted by atomic mass is 35.5. The van der Waals surface area contributed by atoms with Crippen LogP contribution in [-0.2, 0) is 11.2 Å². The van der Waals surface area contributed by atoms with Crippen LogP contribution >= 0.6 is 24.8 Å². The summed E-state index contributed by atoms with van der Waals surface area (Å²) in [5, 5.41) is 9.49. The van der Waals surface area contributed by atoms with Crippen molar-refractivity contribution in [3.63, 3.8) is 0 Å². The van der Waals surface area contributed by atoms with E-state index in [0.29, 0.717) is 13.0 Å². The van der Waals surface area contributed by atoms with Crippen molar-refractivity contribution in [2.24, 2.45) is 5.73 Å². The molecule has 7 heteroatoms. The third kappa shape index (κ3) is 5.69. The van der Waals surface area contributed by atoms with Gasteiger partial charge in [0.1, 0.15) is 24.0 Å². The summed E-state index contributed by atoms with van der Waals surface area (Å²) in [6, 6.07) is 21.9. The van der Waals surface area contributed by atoms with E-state index in [0.717, 1.165) is 33.6 Å². The second kappa shape index (κ2) is 11.4. The number of phenolic OH excluding ortho intramolecular Hbond substituents is 1. The number of halogens is 2. The highest BCUT2D eigenvalue weighted by Crippen LogP contribution is 2.37. The van der Waals surface area contributed by atoms with Gasteiger partial charge in [0.05, 0.1) is 7.05 Å². The molecule has 2 atom stereocenters. The highest BCUT2D eigenvalue weighted by molar-refractivity contribution is 5.98. The van der Waals surface area contributed by atoms with Gasteiger partial charge in [0.2, 0.25) is 0 Å². The summed E-state index contributed by atoms with van der Waals surface area (Å²) in [5.41, 5.74) is 17.9. The number of amides is 1. The molecule has 3 aromatic rings. The molecular weight excluding hydrogens is 469 g/mol. The van der Waals surface area contributed by atoms with Crippen LogP contribution in [-0.4, -0.2) is 30.6 Å². The van der Waals surface area contributed by atoms with Gasteiger partial charge in [0.25, 0.3) is 0 Å². The Bertz CT molecular complexity index is 1190. The molecule has 0 bridgehead atoms. The number of hydrogen-bond donors (Lipinski definition) is 3. The number of carbonyl (C=O) groups excluding carboxylic acids is 1. The number of quaternary nitrogens is 1. The van der Waals surface area contributed by atoms with Gasteiger partial charge < -0.3 is 16.6 Å². The molecule has 0 radical (unpaired) electrons. The van der Waals surface area contributed by atoms with E-state index in [1.807, 2.05) is 55.6 Å². The molecular formula is C27H30Cl2N3O2+. The summed E-state index contributed by atoms with van der Waals surface area (Å²) in [6.07, 6.45) is 6.65. The van der Waals surface area contributed by atoms with Gasteiger partial charge in [-0.05, 0) is 53.1 Å². The number of anilines is 1. The summed E-state index contributed by atoms with van der Waals surface area (Å²) < 4.78 is 0.120. The molecule has 0 spiro atoms. The van der Waals surface area contributed by atoms with Crippen LogP contribution in [0.2, 0.25) is 0 Å². The number of nitrogen functional groups attached to an aromatic ring is 1. The number of hydrogen-bond acceptors (Lipinski definition) is 4. The van der Waals surface area contributed by atoms with E-state index < -0.39 is 6.04 Å². The third-order valence-electron chi connectivity index (χ3n) is 6.01. The van der Waals surface area contributed by atoms with Gasteiger partial charge in [0.15, 0.2) is 0 Å². The van der Waals surface area contributed by atoms with Crippen molar-refractivity contribution in [2.75, 3.05) is 19.3 Å². The lowest BCUT2D eigenvalue weighted by Crippen LogP contribution is -2.59. The molecule has 5 nitrogen and oxygen atoms in total. The molecule has 1 amide bonds. The van der Waals surface area contributed by atoms with E-state index in [9.17, 15) is 9.90 Å². The number of fused-ring (bicyclic) bond motifs is 1. The highest BCUT2D eigenvalue weighted by Gasteiger charge is 2.41. The van der Waals surface area contributed by atoms with Crippen LogP contribution in [0.25, 0.3) is 11.6 Å². The van der Waals surface area contributed by atoms with Crippen LogP contribution in [0.3, 0.4) is 0 Å². The number of likely N-dealkylation sites (N-methyl/N-ethyl adjacent to an activating group) is 1. The average Bonchev–Trinajstić information content (AvgIpc) is 2.81. The van der Waals surface area contributed by atoms with Crippen molar-refractivity contribution in [1.29, 1.82) is 0 Å². The summed E-state index contributed by atoms with van der Waals surface area (Å²) in [7, 11) is 1.93. The molecule has 1 unspecified atom stereocenters. The second-order valence-electron chi connectivity index (χ2n) is 8.37. The number of rotatable bonds is 5. The molecule has 34 heavy (non-hydrogen) atoms. The van der Waals surface area contributed by atoms with Crippen LogP contribution in [0.1, 0.15) is 16.7 Å². The molecule has 1 aliphatic heterocycles. The number of aromatic hydroxyl groups is 1. The minimum absolute atomic E-state index is 0. The Labute approximate surface area is 212 Å². The van der Waals surface area contributed by atoms with E-state index in [1.54, 1.807) is 24.3 Å². The fourth-order valence-electron chi connectivity index (χ4n) is 4.14. The molecule has 0 saturated heterocycles. The lowest BCUT2D eigenvalue weighted by Gasteiger charge is -2.36. The molecule has 0 aliphatic carbocycles. The van der Waals surface area contributed by atoms with Crippen LogP contribution in [0.5, 0.6) is 5.75 Å². The Morgan fingerprint density at radius 2 is 1.65 bits per heavy atom. The Balaban J connectivity index is 0.00000204. The number of carbonyl (C=O) groups is 1. The van der Waals surface area contributed by atoms with Crippen molar-refractivity contribution < 1.29 is 9.90 Å². The fraction of sp³-hybridized carbons (Fsp3) is 0.148. The second-order valence-corrected chi connectivity index (χ2v) is 8.37. The Hall–Kier alpha value is -3.09. The number of allylic oxidation sites excluding steroid dienone is 2. The van der Waals surface area contributed by atoms with Gasteiger partial charge in [-0.2, -0.15) is 0 Å². The molecule has 5 N–H and O–H groups in total. The van der Waals surface area contributed by atoms with E-state index in [-0.39, 0.29) is 41.0 Å². The topological polar surface area (TPSA) is 89.3 Å². The molecule has 4 rings (SSSR count). The molecule has 0 saturated carbocycles. The number of nitrogens with two attached hydrogens (primary N) is 2. The molecule has 1 aliphatic rings. The number of phenols is 1. The molecule has 0 aromatic heterocycles. The van der Waals surface area contributed by atoms with Gasteiger partial charge in [-0.1, -0.05) is 48.6 Å². The molecule has 178 valence electrons. The van der Waals surface area contributed by atoms with E-state index in [2.05, 4.69) is 18.2 Å². The lowest BCUT2D eigenvalue weighted by atomic mass is 9.94. The first kappa shape index (κ1) is 27.2. The standard InChI is InChI=1S/C27H27N3O2.2ClH/c1-30(27(32)25(29)18-20-9-14-23(31)15-10-20)17-16-21(24-4-2-3-5-26(24)30)11-6-19-7-12-22(28)13-8-19;;/h2-16,25H,17-18,28-29H2,1H3;2*1H/p+1/b11-6+;;/t25-,30?;;/m0../s1. The van der Waals surface area contributed by atoms with E-state index in [4.69, 9.17) is 11.5 Å². The minimum atomic E-state index is -0.655. The third-order valence-corrected chi connectivity index (χ3v) is 6.01. The fourth-order valence-corrected chi connectivity index (χ4v) is 4.14. The number of benzene rings is 3. The number of para-hydroxylation sites is 1. The van der Waals surface area contributed by atoms with Crippen molar-refractivity contribution in [2.45, 2.75) is 12.5 Å². The maximum atomic E-state index is 13.5. The van der Waals surface area contributed by atoms with Crippen molar-refractivity contribution in [1.82, 2.24) is 4.48 Å². The summed E-state index contributed by atoms with van der Waals surface area (Å²) in [6.45, 7) is 0.528. The first-order chi connectivity index (χ1) is 15.4. The number of nitrogens with zero attached hydrogens (tertiary/aromatic N) is 1. The smallest absolute Gasteiger partial charge is 0.335 e. The maximum Gasteiger partial charge on any atom is 0.335 e. The van der Waals surface area contributed by atoms with Crippen molar-refractivity contribution in [3.05, 3.63) is 102 Å². The van der Waals surface area contributed by atoms with Gasteiger partial charge in [0, 0.05) is 23.7 Å². The summed E-state index contributed by atoms with van der Waals surface area (Å²) in [4.78, 5) is 13.5. The molecule has 3 aromatic carbocycles. The van der Waals surface area contributed by atoms with Gasteiger partial charge in [-0.3, -0.25) is 0 Å². The zero-order chi connectivity index (χ0) is 22.7. The molecule has 0 fully saturated rings. The minimum Gasteiger partial charge on any atom is -0.508 e. The normalized spacial score (nSPS) is 17.6. The van der Waals surface area contributed by atoms with Crippen LogP contribution in [0.4, 0.5) is 11.4 Å². The van der Waals surface area contributed by atoms with E-state index in [1.165, 1.54) is 0 Å². The molecule has 1 heterocycles. The quantitative estimate of drug-likeness (QED) is 0.342. The zero-order valence-corrected chi connectivity index (χ0v) is 20.6. The zero-order valence-electron chi connectivity index (χ0n) is 18.9. The Morgan fingerprint density at radius 1 is 1.00 bits per heavy atom. The Kier molecular flexibility index (Phi) is 9.07. The van der Waals surface area contributed by atoms with Crippen molar-refractivity contribution >= 4 is 53.7 Å². The van der Waals surface area contributed by atoms with Gasteiger partial charge in [-0.25, -0.2) is 9.28 Å². The monoisotopic (exact) mass is 498 g/mol. The average molecular weight is 499 g/mol. The van der Waals surface area contributed by atoms with Gasteiger partial charge >= 0.3 is 5.91 Å². The first-order valence-corrected chi connectivity index (χ1v) is 10.6. The predicted octanol–water partition coefficient (Wildman–Crippen LogP) is 4.96. The predicted molar refractivity (Wildman–Crippen MR) is 146 cm³/mol. The maximum absolute atomic E-state index is 13.5. The van der Waals surface area contributed by atoms with E-state index >= 15 is 0 Å². The Morgan fingerprint density at radius 3 is 2.32 bits per heavy atom. The van der Waals surface area contributed by atoms with Crippen LogP contribution in [0, 0.1) is 0 Å². The summed E-state index contributed by atoms with van der Waals surface area (Å²) >= 11 is 0. The van der Waals surface area contributed by atoms with Crippen molar-refractivity contribution in [3.8, 4) is 5.75 Å². The largest absolute Gasteiger partial charge is 0.508 e. The van der Waals surface area contributed by atoms with Crippen LogP contribution < -0.4 is 16.0 Å². The first-order valence-electron chi connectivity index (χ1n) is 10.6.